The maximum absolute atomic E-state index is 10.0. The molecule has 8 heavy (non-hydrogen) atoms. The lowest BCUT2D eigenvalue weighted by Gasteiger charge is -1.88. The van der Waals surface area contributed by atoms with Gasteiger partial charge in [-0.2, -0.15) is 0 Å². The number of carbonyl (C=O) groups is 2. The molecule has 1 N–H and O–H groups in total. The quantitative estimate of drug-likeness (QED) is 0.510. The second-order valence-corrected chi connectivity index (χ2v) is 1.15. The van der Waals surface area contributed by atoms with Crippen molar-refractivity contribution < 1.29 is 19.4 Å². The first-order valence-corrected chi connectivity index (χ1v) is 1.95. The van der Waals surface area contributed by atoms with Gasteiger partial charge in [0.2, 0.25) is 0 Å². The normalized spacial score (nSPS) is 7.62. The average molecular weight is 116 g/mol. The van der Waals surface area contributed by atoms with Crippen molar-refractivity contribution in [2.75, 3.05) is 7.11 Å². The van der Waals surface area contributed by atoms with Crippen molar-refractivity contribution in [2.45, 2.75) is 0 Å². The second kappa shape index (κ2) is 3.07. The largest absolute Gasteiger partial charge is 0.489 e. The van der Waals surface area contributed by atoms with Crippen LogP contribution in [0.15, 0.2) is 0 Å². The second-order valence-electron chi connectivity index (χ2n) is 1.15. The van der Waals surface area contributed by atoms with Gasteiger partial charge in [-0.25, -0.2) is 0 Å². The first kappa shape index (κ1) is 7.00. The van der Waals surface area contributed by atoms with Crippen LogP contribution < -0.4 is 0 Å². The van der Waals surface area contributed by atoms with Crippen LogP contribution in [-0.2, 0) is 4.74 Å². The number of hydrogen-bond donors (Lipinski definition) is 1. The maximum atomic E-state index is 10.0. The van der Waals surface area contributed by atoms with E-state index in [0.717, 1.165) is 7.11 Å². The van der Waals surface area contributed by atoms with E-state index in [1.165, 1.54) is 0 Å². The van der Waals surface area contributed by atoms with Crippen LogP contribution in [0.4, 0.5) is 9.59 Å². The van der Waals surface area contributed by atoms with Gasteiger partial charge in [-0.1, -0.05) is 0 Å². The zero-order chi connectivity index (χ0) is 6.57. The molecule has 0 aromatic heterocycles. The highest BCUT2D eigenvalue weighted by atomic mass is 16.5. The van der Waals surface area contributed by atoms with Crippen LogP contribution in [0.3, 0.4) is 0 Å². The Balaban J connectivity index is 3.40. The minimum atomic E-state index is -1.17. The summed E-state index contributed by atoms with van der Waals surface area (Å²) in [5.41, 5.74) is 0. The number of hydrogen-bond acceptors (Lipinski definition) is 3. The van der Waals surface area contributed by atoms with Crippen molar-refractivity contribution in [3.05, 3.63) is 0 Å². The van der Waals surface area contributed by atoms with Gasteiger partial charge in [0.1, 0.15) is 0 Å². The maximum Gasteiger partial charge on any atom is 0.392 e. The summed E-state index contributed by atoms with van der Waals surface area (Å²) in [6, 6.07) is 0. The Morgan fingerprint density at radius 3 is 2.25 bits per heavy atom. The third-order valence-electron chi connectivity index (χ3n) is 0.523. The minimum absolute atomic E-state index is 0.559. The fourth-order valence-corrected chi connectivity index (χ4v) is 0.196. The minimum Gasteiger partial charge on any atom is -0.489 e. The SMILES string of the molecule is COC(=O)BC(=O)O. The number of ether oxygens (including phenoxy) is 1. The van der Waals surface area contributed by atoms with E-state index < -0.39 is 19.0 Å². The standard InChI is InChI=1S/C3H5BO4/c1-8-3(7)4-2(5)6/h4H,1H3,(H,5,6). The molecule has 0 spiro atoms. The monoisotopic (exact) mass is 116 g/mol. The fraction of sp³-hybridized carbons (Fsp3) is 0.333. The summed E-state index contributed by atoms with van der Waals surface area (Å²) in [5.74, 6) is -1.89. The summed E-state index contributed by atoms with van der Waals surface area (Å²) in [6.45, 7) is 0. The Bertz CT molecular complexity index is 110. The van der Waals surface area contributed by atoms with E-state index in [4.69, 9.17) is 5.11 Å². The summed E-state index contributed by atoms with van der Waals surface area (Å²) in [5, 5.41) is 7.91. The Morgan fingerprint density at radius 1 is 1.62 bits per heavy atom. The number of carboxylic acid groups (broad SMARTS) is 1. The smallest absolute Gasteiger partial charge is 0.392 e. The first-order valence-electron chi connectivity index (χ1n) is 1.95. The van der Waals surface area contributed by atoms with Crippen molar-refractivity contribution >= 4 is 19.0 Å². The van der Waals surface area contributed by atoms with Gasteiger partial charge in [0.15, 0.2) is 0 Å². The van der Waals surface area contributed by atoms with Crippen LogP contribution in [0.2, 0.25) is 0 Å². The van der Waals surface area contributed by atoms with E-state index in [9.17, 15) is 9.59 Å². The van der Waals surface area contributed by atoms with E-state index in [2.05, 4.69) is 4.74 Å². The van der Waals surface area contributed by atoms with Gasteiger partial charge in [-0.3, -0.25) is 9.59 Å². The Hall–Kier alpha value is -0.995. The molecule has 0 rings (SSSR count). The predicted octanol–water partition coefficient (Wildman–Crippen LogP) is -0.133. The summed E-state index contributed by atoms with van der Waals surface area (Å²) < 4.78 is 4.04. The van der Waals surface area contributed by atoms with Crippen LogP contribution >= 0.6 is 0 Å². The zero-order valence-corrected chi connectivity index (χ0v) is 4.38. The van der Waals surface area contributed by atoms with Gasteiger partial charge in [-0.05, 0) is 0 Å². The molecule has 44 valence electrons. The Labute approximate surface area is 46.7 Å². The molecule has 0 saturated carbocycles. The van der Waals surface area contributed by atoms with Gasteiger partial charge in [0.05, 0.1) is 7.11 Å². The van der Waals surface area contributed by atoms with Crippen molar-refractivity contribution in [3.63, 3.8) is 0 Å². The highest BCUT2D eigenvalue weighted by Gasteiger charge is 2.09. The molecule has 0 aromatic rings. The molecular weight excluding hydrogens is 111 g/mol. The molecule has 0 bridgehead atoms. The van der Waals surface area contributed by atoms with Crippen molar-refractivity contribution in [1.29, 1.82) is 0 Å². The summed E-state index contributed by atoms with van der Waals surface area (Å²) in [6.07, 6.45) is 0. The van der Waals surface area contributed by atoms with Crippen molar-refractivity contribution in [1.82, 2.24) is 0 Å². The van der Waals surface area contributed by atoms with E-state index >= 15 is 0 Å². The molecule has 0 radical (unpaired) electrons. The van der Waals surface area contributed by atoms with E-state index in [1.807, 2.05) is 0 Å². The molecule has 0 aliphatic rings. The van der Waals surface area contributed by atoms with Crippen LogP contribution in [0.1, 0.15) is 0 Å². The summed E-state index contributed by atoms with van der Waals surface area (Å²) >= 11 is 0. The van der Waals surface area contributed by atoms with Crippen LogP contribution in [-0.4, -0.2) is 31.2 Å². The molecule has 0 heterocycles. The highest BCUT2D eigenvalue weighted by molar-refractivity contribution is 6.94. The van der Waals surface area contributed by atoms with Crippen molar-refractivity contribution in [2.24, 2.45) is 0 Å². The third kappa shape index (κ3) is 3.20. The highest BCUT2D eigenvalue weighted by Crippen LogP contribution is 1.73. The molecular formula is C3H5BO4. The molecule has 0 atom stereocenters. The topological polar surface area (TPSA) is 63.6 Å². The van der Waals surface area contributed by atoms with Gasteiger partial charge in [0, 0.05) is 0 Å². The molecule has 0 amide bonds. The van der Waals surface area contributed by atoms with Crippen LogP contribution in [0, 0.1) is 0 Å². The number of rotatable bonds is 2. The van der Waals surface area contributed by atoms with E-state index in [0.29, 0.717) is 0 Å². The predicted molar refractivity (Wildman–Crippen MR) is 27.6 cm³/mol. The van der Waals surface area contributed by atoms with E-state index in [1.54, 1.807) is 0 Å². The van der Waals surface area contributed by atoms with Gasteiger partial charge >= 0.3 is 7.28 Å². The van der Waals surface area contributed by atoms with E-state index in [-0.39, 0.29) is 0 Å². The van der Waals surface area contributed by atoms with Crippen LogP contribution in [0.25, 0.3) is 0 Å². The zero-order valence-electron chi connectivity index (χ0n) is 4.38. The number of methoxy groups -OCH3 is 1. The Kier molecular flexibility index (Phi) is 2.68. The van der Waals surface area contributed by atoms with Gasteiger partial charge in [-0.15, -0.1) is 0 Å². The molecule has 5 heteroatoms. The van der Waals surface area contributed by atoms with Crippen LogP contribution in [0.5, 0.6) is 0 Å². The average Bonchev–Trinajstić information content (AvgIpc) is 1.65. The summed E-state index contributed by atoms with van der Waals surface area (Å²) in [7, 11) is 0.585. The lowest BCUT2D eigenvalue weighted by molar-refractivity contribution is 0.195. The van der Waals surface area contributed by atoms with Crippen molar-refractivity contribution in [3.8, 4) is 0 Å². The number of carbonyl (C=O) groups excluding carboxylic acids is 1. The molecule has 0 aromatic carbocycles. The van der Waals surface area contributed by atoms with Gasteiger partial charge < -0.3 is 9.84 Å². The molecule has 0 fully saturated rings. The molecule has 0 saturated heterocycles. The molecule has 4 nitrogen and oxygen atoms in total. The lowest BCUT2D eigenvalue weighted by Crippen LogP contribution is -2.17. The third-order valence-corrected chi connectivity index (χ3v) is 0.523. The van der Waals surface area contributed by atoms with Gasteiger partial charge in [0.25, 0.3) is 11.7 Å². The molecule has 0 aliphatic carbocycles. The molecule has 0 unspecified atom stereocenters. The fourth-order valence-electron chi connectivity index (χ4n) is 0.196. The first-order chi connectivity index (χ1) is 3.66. The Morgan fingerprint density at radius 2 is 2.12 bits per heavy atom. The molecule has 0 aliphatic heterocycles. The lowest BCUT2D eigenvalue weighted by atomic mass is 9.80. The summed E-state index contributed by atoms with van der Waals surface area (Å²) in [4.78, 5) is 19.7.